The van der Waals surface area contributed by atoms with Gasteiger partial charge in [-0.05, 0) is 17.5 Å². The highest BCUT2D eigenvalue weighted by molar-refractivity contribution is 6.10. The number of hydrogen-bond acceptors (Lipinski definition) is 4. The molecule has 0 radical (unpaired) electrons. The fourth-order valence-electron chi connectivity index (χ4n) is 4.79. The zero-order valence-corrected chi connectivity index (χ0v) is 16.9. The SMILES string of the molecule is CC(=O)N1C[C@H]2CN(C(=O)c3ccc(N(C)C)c4ccccc34)C[C@@]2(C(=O)O)C1. The molecule has 0 unspecified atom stereocenters. The Kier molecular flexibility index (Phi) is 4.48. The van der Waals surface area contributed by atoms with E-state index in [2.05, 4.69) is 0 Å². The van der Waals surface area contributed by atoms with Gasteiger partial charge in [0.1, 0.15) is 5.41 Å². The zero-order valence-electron chi connectivity index (χ0n) is 16.9. The van der Waals surface area contributed by atoms with Crippen LogP contribution < -0.4 is 4.90 Å². The molecule has 7 nitrogen and oxygen atoms in total. The number of anilines is 1. The number of rotatable bonds is 3. The van der Waals surface area contributed by atoms with Gasteiger partial charge in [0.25, 0.3) is 5.91 Å². The Labute approximate surface area is 169 Å². The fourth-order valence-corrected chi connectivity index (χ4v) is 4.79. The Balaban J connectivity index is 1.68. The van der Waals surface area contributed by atoms with Gasteiger partial charge in [0.05, 0.1) is 0 Å². The summed E-state index contributed by atoms with van der Waals surface area (Å²) in [5, 5.41) is 11.8. The highest BCUT2D eigenvalue weighted by Crippen LogP contribution is 2.43. The Morgan fingerprint density at radius 1 is 1.00 bits per heavy atom. The Hall–Kier alpha value is -3.09. The summed E-state index contributed by atoms with van der Waals surface area (Å²) in [5.41, 5.74) is 0.519. The molecule has 0 spiro atoms. The molecule has 0 bridgehead atoms. The molecular weight excluding hydrogens is 370 g/mol. The Bertz CT molecular complexity index is 1020. The van der Waals surface area contributed by atoms with E-state index in [0.717, 1.165) is 16.5 Å². The average molecular weight is 395 g/mol. The molecule has 2 aromatic carbocycles. The molecule has 0 saturated carbocycles. The quantitative estimate of drug-likeness (QED) is 0.859. The van der Waals surface area contributed by atoms with E-state index < -0.39 is 11.4 Å². The third kappa shape index (κ3) is 2.92. The number of carbonyl (C=O) groups excluding carboxylic acids is 2. The van der Waals surface area contributed by atoms with Crippen molar-refractivity contribution in [1.29, 1.82) is 0 Å². The molecular formula is C22H25N3O4. The van der Waals surface area contributed by atoms with E-state index in [1.807, 2.05) is 55.4 Å². The summed E-state index contributed by atoms with van der Waals surface area (Å²) in [6, 6.07) is 11.5. The predicted octanol–water partition coefficient (Wildman–Crippen LogP) is 1.91. The van der Waals surface area contributed by atoms with Crippen LogP contribution in [0.2, 0.25) is 0 Å². The van der Waals surface area contributed by atoms with Gasteiger partial charge in [0.15, 0.2) is 0 Å². The molecule has 1 N–H and O–H groups in total. The second kappa shape index (κ2) is 6.76. The first-order valence-electron chi connectivity index (χ1n) is 9.72. The van der Waals surface area contributed by atoms with Crippen LogP contribution in [0.5, 0.6) is 0 Å². The molecule has 2 amide bonds. The zero-order chi connectivity index (χ0) is 20.9. The highest BCUT2D eigenvalue weighted by Gasteiger charge is 2.59. The number of likely N-dealkylation sites (tertiary alicyclic amines) is 2. The van der Waals surface area contributed by atoms with Crippen molar-refractivity contribution in [1.82, 2.24) is 9.80 Å². The lowest BCUT2D eigenvalue weighted by Gasteiger charge is -2.25. The van der Waals surface area contributed by atoms with E-state index in [1.54, 1.807) is 9.80 Å². The summed E-state index contributed by atoms with van der Waals surface area (Å²) in [6.45, 7) is 2.47. The van der Waals surface area contributed by atoms with E-state index in [9.17, 15) is 19.5 Å². The van der Waals surface area contributed by atoms with Crippen LogP contribution >= 0.6 is 0 Å². The molecule has 2 aliphatic rings. The molecule has 2 atom stereocenters. The van der Waals surface area contributed by atoms with Crippen molar-refractivity contribution in [2.24, 2.45) is 11.3 Å². The van der Waals surface area contributed by atoms with Crippen molar-refractivity contribution in [3.63, 3.8) is 0 Å². The predicted molar refractivity (Wildman–Crippen MR) is 110 cm³/mol. The van der Waals surface area contributed by atoms with Crippen molar-refractivity contribution in [3.8, 4) is 0 Å². The average Bonchev–Trinajstić information content (AvgIpc) is 3.22. The molecule has 2 aromatic rings. The van der Waals surface area contributed by atoms with Gasteiger partial charge < -0.3 is 19.8 Å². The molecule has 29 heavy (non-hydrogen) atoms. The second-order valence-electron chi connectivity index (χ2n) is 8.32. The highest BCUT2D eigenvalue weighted by atomic mass is 16.4. The summed E-state index contributed by atoms with van der Waals surface area (Å²) >= 11 is 0. The van der Waals surface area contributed by atoms with Crippen LogP contribution in [0.4, 0.5) is 5.69 Å². The summed E-state index contributed by atoms with van der Waals surface area (Å²) in [7, 11) is 3.92. The second-order valence-corrected chi connectivity index (χ2v) is 8.32. The standard InChI is InChI=1S/C22H25N3O4/c1-14(26)24-10-15-11-25(13-22(15,12-24)21(28)29)20(27)18-8-9-19(23(2)3)17-7-5-4-6-16(17)18/h4-9,15H,10-13H2,1-3H3,(H,28,29)/t15-,22-/m0/s1. The van der Waals surface area contributed by atoms with Gasteiger partial charge in [-0.1, -0.05) is 24.3 Å². The first-order valence-corrected chi connectivity index (χ1v) is 9.72. The van der Waals surface area contributed by atoms with E-state index in [1.165, 1.54) is 6.92 Å². The number of carbonyl (C=O) groups is 3. The number of nitrogens with zero attached hydrogens (tertiary/aromatic N) is 3. The summed E-state index contributed by atoms with van der Waals surface area (Å²) in [6.07, 6.45) is 0. The number of amides is 2. The van der Waals surface area contributed by atoms with Crippen LogP contribution in [0, 0.1) is 11.3 Å². The topological polar surface area (TPSA) is 81.2 Å². The third-order valence-corrected chi connectivity index (χ3v) is 6.38. The van der Waals surface area contributed by atoms with Gasteiger partial charge in [0.2, 0.25) is 5.91 Å². The number of carboxylic acid groups (broad SMARTS) is 1. The first kappa shape index (κ1) is 19.2. The Morgan fingerprint density at radius 2 is 1.62 bits per heavy atom. The molecule has 2 aliphatic heterocycles. The van der Waals surface area contributed by atoms with E-state index >= 15 is 0 Å². The maximum atomic E-state index is 13.4. The molecule has 2 heterocycles. The molecule has 2 fully saturated rings. The maximum Gasteiger partial charge on any atom is 0.313 e. The number of fused-ring (bicyclic) bond motifs is 2. The lowest BCUT2D eigenvalue weighted by atomic mass is 9.81. The van der Waals surface area contributed by atoms with E-state index in [4.69, 9.17) is 0 Å². The largest absolute Gasteiger partial charge is 0.481 e. The van der Waals surface area contributed by atoms with E-state index in [-0.39, 0.29) is 30.8 Å². The molecule has 0 aromatic heterocycles. The van der Waals surface area contributed by atoms with Crippen LogP contribution in [-0.4, -0.2) is 73.0 Å². The van der Waals surface area contributed by atoms with Crippen LogP contribution in [0.3, 0.4) is 0 Å². The number of carboxylic acids is 1. The summed E-state index contributed by atoms with van der Waals surface area (Å²) in [4.78, 5) is 42.5. The number of hydrogen-bond donors (Lipinski definition) is 1. The third-order valence-electron chi connectivity index (χ3n) is 6.38. The number of aliphatic carboxylic acids is 1. The van der Waals surface area contributed by atoms with Crippen LogP contribution in [0.1, 0.15) is 17.3 Å². The molecule has 7 heteroatoms. The van der Waals surface area contributed by atoms with E-state index in [0.29, 0.717) is 18.7 Å². The monoisotopic (exact) mass is 395 g/mol. The minimum Gasteiger partial charge on any atom is -0.481 e. The van der Waals surface area contributed by atoms with Gasteiger partial charge in [-0.2, -0.15) is 0 Å². The summed E-state index contributed by atoms with van der Waals surface area (Å²) < 4.78 is 0. The fraction of sp³-hybridized carbons (Fsp3) is 0.409. The molecule has 0 aliphatic carbocycles. The van der Waals surface area contributed by atoms with Crippen LogP contribution in [0.15, 0.2) is 36.4 Å². The van der Waals surface area contributed by atoms with Gasteiger partial charge in [0, 0.05) is 69.8 Å². The normalized spacial score (nSPS) is 23.3. The number of benzene rings is 2. The Morgan fingerprint density at radius 3 is 2.21 bits per heavy atom. The van der Waals surface area contributed by atoms with Crippen LogP contribution in [0.25, 0.3) is 10.8 Å². The minimum absolute atomic E-state index is 0.122. The smallest absolute Gasteiger partial charge is 0.313 e. The van der Waals surface area contributed by atoms with Crippen LogP contribution in [-0.2, 0) is 9.59 Å². The van der Waals surface area contributed by atoms with Crippen molar-refractivity contribution in [3.05, 3.63) is 42.0 Å². The van der Waals surface area contributed by atoms with Crippen molar-refractivity contribution >= 4 is 34.2 Å². The lowest BCUT2D eigenvalue weighted by Crippen LogP contribution is -2.42. The van der Waals surface area contributed by atoms with Crippen molar-refractivity contribution in [2.75, 3.05) is 45.2 Å². The first-order chi connectivity index (χ1) is 13.7. The molecule has 2 saturated heterocycles. The van der Waals surface area contributed by atoms with Gasteiger partial charge in [-0.15, -0.1) is 0 Å². The van der Waals surface area contributed by atoms with Gasteiger partial charge >= 0.3 is 5.97 Å². The molecule has 4 rings (SSSR count). The molecule has 152 valence electrons. The summed E-state index contributed by atoms with van der Waals surface area (Å²) in [5.74, 6) is -1.46. The van der Waals surface area contributed by atoms with Gasteiger partial charge in [-0.25, -0.2) is 0 Å². The maximum absolute atomic E-state index is 13.4. The minimum atomic E-state index is -1.08. The lowest BCUT2D eigenvalue weighted by molar-refractivity contribution is -0.149. The van der Waals surface area contributed by atoms with Crippen molar-refractivity contribution in [2.45, 2.75) is 6.92 Å². The van der Waals surface area contributed by atoms with Crippen molar-refractivity contribution < 1.29 is 19.5 Å². The van der Waals surface area contributed by atoms with Gasteiger partial charge in [-0.3, -0.25) is 14.4 Å².